The Labute approximate surface area is 203 Å². The molecule has 2 aliphatic rings. The van der Waals surface area contributed by atoms with E-state index >= 15 is 0 Å². The van der Waals surface area contributed by atoms with Crippen molar-refractivity contribution in [1.82, 2.24) is 15.0 Å². The number of allylic oxidation sites excluding steroid dienone is 1. The molecule has 0 amide bonds. The number of anilines is 2. The van der Waals surface area contributed by atoms with Crippen molar-refractivity contribution in [3.05, 3.63) is 59.7 Å². The molecule has 1 fully saturated rings. The first-order valence-corrected chi connectivity index (χ1v) is 9.43. The standard InChI is InChI=1S/C21H19FN6O.3ClH/c22-15-3-5-16(6-4-15)27-8-10-28(11-9-27)21-25-18(20(29)26-21)12-14-13-24-19-17(14)2-1-7-23-19;;;/h1-7,12-13,29H,8-11H2,(H,25,26);3*1H/b14-12+;;;. The fraction of sp³-hybridized carbons (Fsp3) is 0.190. The monoisotopic (exact) mass is 498 g/mol. The summed E-state index contributed by atoms with van der Waals surface area (Å²) in [5.41, 5.74) is 3.35. The molecule has 7 nitrogen and oxygen atoms in total. The molecule has 3 aromatic rings. The zero-order valence-electron chi connectivity index (χ0n) is 16.8. The first-order chi connectivity index (χ1) is 14.2. The molecule has 2 aliphatic heterocycles. The van der Waals surface area contributed by atoms with Gasteiger partial charge in [-0.15, -0.1) is 37.2 Å². The third-order valence-corrected chi connectivity index (χ3v) is 5.19. The van der Waals surface area contributed by atoms with Gasteiger partial charge in [-0.3, -0.25) is 0 Å². The van der Waals surface area contributed by atoms with E-state index in [1.54, 1.807) is 24.5 Å². The summed E-state index contributed by atoms with van der Waals surface area (Å²) < 4.78 is 13.1. The third kappa shape index (κ3) is 4.98. The second kappa shape index (κ2) is 10.7. The lowest BCUT2D eigenvalue weighted by Crippen LogP contribution is -2.47. The molecule has 11 heteroatoms. The van der Waals surface area contributed by atoms with Gasteiger partial charge >= 0.3 is 0 Å². The highest BCUT2D eigenvalue weighted by atomic mass is 35.5. The largest absolute Gasteiger partial charge is 0.492 e. The number of imidazole rings is 1. The van der Waals surface area contributed by atoms with Gasteiger partial charge in [0.2, 0.25) is 11.8 Å². The average molecular weight is 500 g/mol. The van der Waals surface area contributed by atoms with E-state index in [1.807, 2.05) is 18.2 Å². The Hall–Kier alpha value is -2.81. The molecular formula is C21H22Cl3FN6O. The van der Waals surface area contributed by atoms with Crippen LogP contribution in [0.3, 0.4) is 0 Å². The molecule has 0 aliphatic carbocycles. The van der Waals surface area contributed by atoms with Crippen LogP contribution in [0, 0.1) is 5.82 Å². The number of aromatic amines is 1. The highest BCUT2D eigenvalue weighted by Gasteiger charge is 2.21. The van der Waals surface area contributed by atoms with E-state index in [2.05, 4.69) is 29.7 Å². The molecule has 0 bridgehead atoms. The van der Waals surface area contributed by atoms with Gasteiger partial charge in [0.15, 0.2) is 5.82 Å². The van der Waals surface area contributed by atoms with Crippen LogP contribution in [0.2, 0.25) is 0 Å². The molecule has 5 rings (SSSR count). The Kier molecular flexibility index (Phi) is 8.49. The summed E-state index contributed by atoms with van der Waals surface area (Å²) in [5, 5.41) is 10.3. The van der Waals surface area contributed by atoms with Crippen LogP contribution in [-0.2, 0) is 0 Å². The normalized spacial score (nSPS) is 15.6. The Balaban J connectivity index is 0.00000121. The van der Waals surface area contributed by atoms with Gasteiger partial charge < -0.3 is 19.9 Å². The van der Waals surface area contributed by atoms with E-state index < -0.39 is 0 Å². The Morgan fingerprint density at radius 1 is 0.969 bits per heavy atom. The zero-order chi connectivity index (χ0) is 19.8. The van der Waals surface area contributed by atoms with Crippen molar-refractivity contribution in [3.63, 3.8) is 0 Å². The number of aromatic hydroxyl groups is 1. The lowest BCUT2D eigenvalue weighted by atomic mass is 10.1. The molecule has 170 valence electrons. The molecule has 1 aromatic carbocycles. The topological polar surface area (TPSA) is 80.6 Å². The van der Waals surface area contributed by atoms with Crippen molar-refractivity contribution >= 4 is 72.5 Å². The van der Waals surface area contributed by atoms with Crippen LogP contribution in [0.15, 0.2) is 47.6 Å². The minimum Gasteiger partial charge on any atom is -0.492 e. The fourth-order valence-electron chi connectivity index (χ4n) is 3.64. The summed E-state index contributed by atoms with van der Waals surface area (Å²) in [5.74, 6) is 1.04. The number of benzene rings is 1. The number of H-pyrrole nitrogens is 1. The average Bonchev–Trinajstić information content (AvgIpc) is 3.33. The second-order valence-corrected chi connectivity index (χ2v) is 6.98. The van der Waals surface area contributed by atoms with Crippen LogP contribution >= 0.6 is 37.2 Å². The van der Waals surface area contributed by atoms with Gasteiger partial charge in [0.05, 0.1) is 0 Å². The number of piperazine rings is 1. The molecule has 0 radical (unpaired) electrons. The van der Waals surface area contributed by atoms with E-state index in [-0.39, 0.29) is 48.9 Å². The third-order valence-electron chi connectivity index (χ3n) is 5.19. The number of halogens is 4. The maximum absolute atomic E-state index is 13.1. The van der Waals surface area contributed by atoms with Gasteiger partial charge in [-0.05, 0) is 42.5 Å². The summed E-state index contributed by atoms with van der Waals surface area (Å²) in [6.07, 6.45) is 5.27. The lowest BCUT2D eigenvalue weighted by Gasteiger charge is -2.35. The van der Waals surface area contributed by atoms with Crippen molar-refractivity contribution in [1.29, 1.82) is 0 Å². The van der Waals surface area contributed by atoms with Crippen molar-refractivity contribution in [2.45, 2.75) is 0 Å². The maximum atomic E-state index is 13.1. The highest BCUT2D eigenvalue weighted by Crippen LogP contribution is 2.32. The summed E-state index contributed by atoms with van der Waals surface area (Å²) in [6, 6.07) is 10.4. The van der Waals surface area contributed by atoms with Crippen LogP contribution in [0.5, 0.6) is 5.88 Å². The maximum Gasteiger partial charge on any atom is 0.238 e. The quantitative estimate of drug-likeness (QED) is 0.555. The number of hydrogen-bond acceptors (Lipinski definition) is 6. The SMILES string of the molecule is Cl.Cl.Cl.Oc1nc(N2CCN(c3ccc(F)cc3)CC2)[nH]c1/C=C1\C=Nc2ncccc21. The smallest absolute Gasteiger partial charge is 0.238 e. The fourth-order valence-corrected chi connectivity index (χ4v) is 3.64. The molecule has 0 saturated carbocycles. The number of nitrogens with zero attached hydrogens (tertiary/aromatic N) is 5. The zero-order valence-corrected chi connectivity index (χ0v) is 19.3. The van der Waals surface area contributed by atoms with Gasteiger partial charge in [0.1, 0.15) is 11.5 Å². The minimum atomic E-state index is -0.231. The van der Waals surface area contributed by atoms with Crippen LogP contribution in [-0.4, -0.2) is 52.5 Å². The van der Waals surface area contributed by atoms with Gasteiger partial charge in [0, 0.05) is 55.4 Å². The molecule has 1 saturated heterocycles. The predicted octanol–water partition coefficient (Wildman–Crippen LogP) is 4.50. The second-order valence-electron chi connectivity index (χ2n) is 6.98. The van der Waals surface area contributed by atoms with Crippen LogP contribution < -0.4 is 9.80 Å². The van der Waals surface area contributed by atoms with Gasteiger partial charge in [-0.2, -0.15) is 4.98 Å². The molecule has 2 N–H and O–H groups in total. The molecular weight excluding hydrogens is 478 g/mol. The number of nitrogens with one attached hydrogen (secondary N) is 1. The van der Waals surface area contributed by atoms with Crippen LogP contribution in [0.4, 0.5) is 21.8 Å². The van der Waals surface area contributed by atoms with E-state index in [0.29, 0.717) is 17.5 Å². The number of aromatic nitrogens is 3. The number of hydrogen-bond donors (Lipinski definition) is 2. The first-order valence-electron chi connectivity index (χ1n) is 9.43. The van der Waals surface area contributed by atoms with Gasteiger partial charge in [-0.1, -0.05) is 0 Å². The highest BCUT2D eigenvalue weighted by molar-refractivity contribution is 6.20. The Morgan fingerprint density at radius 2 is 1.66 bits per heavy atom. The minimum absolute atomic E-state index is 0. The Bertz CT molecular complexity index is 1110. The van der Waals surface area contributed by atoms with E-state index in [0.717, 1.165) is 43.0 Å². The summed E-state index contributed by atoms with van der Waals surface area (Å²) in [6.45, 7) is 3.06. The molecule has 0 atom stereocenters. The van der Waals surface area contributed by atoms with Gasteiger partial charge in [-0.25, -0.2) is 14.4 Å². The first kappa shape index (κ1) is 25.5. The number of pyridine rings is 1. The van der Waals surface area contributed by atoms with E-state index in [4.69, 9.17) is 0 Å². The van der Waals surface area contributed by atoms with Crippen molar-refractivity contribution < 1.29 is 9.50 Å². The van der Waals surface area contributed by atoms with E-state index in [1.165, 1.54) is 12.1 Å². The lowest BCUT2D eigenvalue weighted by molar-refractivity contribution is 0.455. The predicted molar refractivity (Wildman–Crippen MR) is 133 cm³/mol. The summed E-state index contributed by atoms with van der Waals surface area (Å²) in [7, 11) is 0. The van der Waals surface area contributed by atoms with Gasteiger partial charge in [0.25, 0.3) is 0 Å². The Morgan fingerprint density at radius 3 is 2.38 bits per heavy atom. The number of fused-ring (bicyclic) bond motifs is 1. The van der Waals surface area contributed by atoms with Crippen molar-refractivity contribution in [2.24, 2.45) is 4.99 Å². The van der Waals surface area contributed by atoms with Crippen LogP contribution in [0.1, 0.15) is 11.3 Å². The van der Waals surface area contributed by atoms with Crippen molar-refractivity contribution in [3.8, 4) is 5.88 Å². The summed E-state index contributed by atoms with van der Waals surface area (Å²) >= 11 is 0. The van der Waals surface area contributed by atoms with E-state index in [9.17, 15) is 9.50 Å². The van der Waals surface area contributed by atoms with Crippen LogP contribution in [0.25, 0.3) is 11.6 Å². The number of aliphatic imine (C=N–C) groups is 1. The molecule has 0 spiro atoms. The molecule has 2 aromatic heterocycles. The molecule has 32 heavy (non-hydrogen) atoms. The molecule has 0 unspecified atom stereocenters. The van der Waals surface area contributed by atoms with Crippen molar-refractivity contribution in [2.75, 3.05) is 36.0 Å². The molecule has 4 heterocycles. The number of rotatable bonds is 3. The summed E-state index contributed by atoms with van der Waals surface area (Å²) in [4.78, 5) is 20.3.